The second kappa shape index (κ2) is 5.19. The molecule has 1 aliphatic heterocycles. The predicted octanol–water partition coefficient (Wildman–Crippen LogP) is 3.04. The van der Waals surface area contributed by atoms with Crippen LogP contribution in [0.2, 0.25) is 5.02 Å². The first-order valence-corrected chi connectivity index (χ1v) is 6.70. The molecule has 1 heterocycles. The van der Waals surface area contributed by atoms with Crippen molar-refractivity contribution in [1.82, 2.24) is 4.90 Å². The van der Waals surface area contributed by atoms with Gasteiger partial charge in [0.1, 0.15) is 0 Å². The van der Waals surface area contributed by atoms with Gasteiger partial charge in [-0.2, -0.15) is 0 Å². The smallest absolute Gasteiger partial charge is 0.253 e. The Labute approximate surface area is 113 Å². The van der Waals surface area contributed by atoms with Crippen LogP contribution in [0.15, 0.2) is 18.2 Å². The highest BCUT2D eigenvalue weighted by atomic mass is 35.5. The fraction of sp³-hybridized carbons (Fsp3) is 0.500. The average molecular weight is 267 g/mol. The molecule has 4 heteroatoms. The number of amides is 1. The zero-order chi connectivity index (χ0) is 13.3. The minimum atomic E-state index is 0.0346. The Balaban J connectivity index is 2.12. The van der Waals surface area contributed by atoms with Crippen LogP contribution in [0.1, 0.15) is 30.6 Å². The lowest BCUT2D eigenvalue weighted by atomic mass is 9.95. The third kappa shape index (κ3) is 2.78. The number of rotatable bonds is 2. The number of nitrogen functional groups attached to an aromatic ring is 1. The summed E-state index contributed by atoms with van der Waals surface area (Å²) in [6.07, 6.45) is 1.08. The lowest BCUT2D eigenvalue weighted by molar-refractivity contribution is 0.0784. The minimum absolute atomic E-state index is 0.0346. The Kier molecular flexibility index (Phi) is 3.81. The molecule has 1 unspecified atom stereocenters. The van der Waals surface area contributed by atoms with Crippen molar-refractivity contribution >= 4 is 23.2 Å². The van der Waals surface area contributed by atoms with E-state index in [1.807, 2.05) is 4.90 Å². The first-order chi connectivity index (χ1) is 8.47. The summed E-state index contributed by atoms with van der Waals surface area (Å²) in [7, 11) is 0. The van der Waals surface area contributed by atoms with Crippen LogP contribution in [0.25, 0.3) is 0 Å². The Hall–Kier alpha value is -1.22. The van der Waals surface area contributed by atoms with Crippen LogP contribution in [0.3, 0.4) is 0 Å². The molecule has 1 aliphatic rings. The summed E-state index contributed by atoms with van der Waals surface area (Å²) < 4.78 is 0. The highest BCUT2D eigenvalue weighted by molar-refractivity contribution is 6.31. The molecule has 1 atom stereocenters. The van der Waals surface area contributed by atoms with E-state index in [2.05, 4.69) is 13.8 Å². The highest BCUT2D eigenvalue weighted by Crippen LogP contribution is 2.26. The number of carbonyl (C=O) groups excluding carboxylic acids is 1. The molecule has 0 aromatic heterocycles. The Morgan fingerprint density at radius 1 is 1.44 bits per heavy atom. The number of nitrogens with two attached hydrogens (primary N) is 1. The SMILES string of the molecule is CC(C)C1CCN(C(=O)c2cc(N)cc(Cl)c2)C1. The molecule has 2 N–H and O–H groups in total. The van der Waals surface area contributed by atoms with Crippen molar-refractivity contribution in [2.75, 3.05) is 18.8 Å². The maximum atomic E-state index is 12.3. The molecule has 1 aromatic carbocycles. The van der Waals surface area contributed by atoms with Crippen molar-refractivity contribution in [3.8, 4) is 0 Å². The third-order valence-electron chi connectivity index (χ3n) is 3.62. The molecule has 0 spiro atoms. The standard InChI is InChI=1S/C14H19ClN2O/c1-9(2)10-3-4-17(8-10)14(18)11-5-12(15)7-13(16)6-11/h5-7,9-10H,3-4,8,16H2,1-2H3. The van der Waals surface area contributed by atoms with Crippen molar-refractivity contribution in [3.05, 3.63) is 28.8 Å². The van der Waals surface area contributed by atoms with Gasteiger partial charge in [0.05, 0.1) is 0 Å². The molecule has 0 saturated carbocycles. The van der Waals surface area contributed by atoms with Gasteiger partial charge >= 0.3 is 0 Å². The van der Waals surface area contributed by atoms with Crippen LogP contribution in [-0.2, 0) is 0 Å². The summed E-state index contributed by atoms with van der Waals surface area (Å²) in [5, 5.41) is 0.512. The van der Waals surface area contributed by atoms with E-state index in [-0.39, 0.29) is 5.91 Å². The lowest BCUT2D eigenvalue weighted by Crippen LogP contribution is -2.29. The molecular formula is C14H19ClN2O. The molecule has 1 amide bonds. The summed E-state index contributed by atoms with van der Waals surface area (Å²) in [6.45, 7) is 6.07. The minimum Gasteiger partial charge on any atom is -0.399 e. The van der Waals surface area contributed by atoms with E-state index in [9.17, 15) is 4.79 Å². The van der Waals surface area contributed by atoms with Crippen LogP contribution in [0, 0.1) is 11.8 Å². The molecule has 0 bridgehead atoms. The molecule has 2 rings (SSSR count). The van der Waals surface area contributed by atoms with E-state index in [0.717, 1.165) is 19.5 Å². The molecule has 1 saturated heterocycles. The maximum Gasteiger partial charge on any atom is 0.253 e. The second-order valence-corrected chi connectivity index (χ2v) is 5.75. The van der Waals surface area contributed by atoms with Gasteiger partial charge in [-0.15, -0.1) is 0 Å². The van der Waals surface area contributed by atoms with Crippen LogP contribution < -0.4 is 5.73 Å². The Morgan fingerprint density at radius 3 is 2.72 bits per heavy atom. The van der Waals surface area contributed by atoms with Crippen LogP contribution >= 0.6 is 11.6 Å². The summed E-state index contributed by atoms with van der Waals surface area (Å²) in [4.78, 5) is 14.2. The van der Waals surface area contributed by atoms with Gasteiger partial charge in [0.2, 0.25) is 0 Å². The van der Waals surface area contributed by atoms with Crippen molar-refractivity contribution in [2.24, 2.45) is 11.8 Å². The van der Waals surface area contributed by atoms with E-state index in [4.69, 9.17) is 17.3 Å². The predicted molar refractivity (Wildman–Crippen MR) is 74.7 cm³/mol. The molecule has 0 aliphatic carbocycles. The lowest BCUT2D eigenvalue weighted by Gasteiger charge is -2.18. The number of nitrogens with zero attached hydrogens (tertiary/aromatic N) is 1. The van der Waals surface area contributed by atoms with E-state index in [1.165, 1.54) is 0 Å². The topological polar surface area (TPSA) is 46.3 Å². The van der Waals surface area contributed by atoms with Crippen LogP contribution in [0.5, 0.6) is 0 Å². The molecule has 18 heavy (non-hydrogen) atoms. The zero-order valence-electron chi connectivity index (χ0n) is 10.8. The summed E-state index contributed by atoms with van der Waals surface area (Å²) >= 11 is 5.93. The molecular weight excluding hydrogens is 248 g/mol. The van der Waals surface area contributed by atoms with Crippen molar-refractivity contribution < 1.29 is 4.79 Å². The molecule has 1 fully saturated rings. The van der Waals surface area contributed by atoms with Crippen molar-refractivity contribution in [1.29, 1.82) is 0 Å². The Morgan fingerprint density at radius 2 is 2.17 bits per heavy atom. The molecule has 98 valence electrons. The largest absolute Gasteiger partial charge is 0.399 e. The van der Waals surface area contributed by atoms with Gasteiger partial charge in [0.25, 0.3) is 5.91 Å². The third-order valence-corrected chi connectivity index (χ3v) is 3.84. The fourth-order valence-electron chi connectivity index (χ4n) is 2.43. The summed E-state index contributed by atoms with van der Waals surface area (Å²) in [6, 6.07) is 5.03. The molecule has 0 radical (unpaired) electrons. The van der Waals surface area contributed by atoms with E-state index in [1.54, 1.807) is 18.2 Å². The molecule has 3 nitrogen and oxygen atoms in total. The van der Waals surface area contributed by atoms with Crippen molar-refractivity contribution in [2.45, 2.75) is 20.3 Å². The monoisotopic (exact) mass is 266 g/mol. The number of hydrogen-bond acceptors (Lipinski definition) is 2. The van der Waals surface area contributed by atoms with Gasteiger partial charge in [-0.25, -0.2) is 0 Å². The average Bonchev–Trinajstić information content (AvgIpc) is 2.75. The highest BCUT2D eigenvalue weighted by Gasteiger charge is 2.28. The van der Waals surface area contributed by atoms with E-state index < -0.39 is 0 Å². The number of anilines is 1. The summed E-state index contributed by atoms with van der Waals surface area (Å²) in [5.74, 6) is 1.25. The molecule has 1 aromatic rings. The van der Waals surface area contributed by atoms with Crippen LogP contribution in [0.4, 0.5) is 5.69 Å². The van der Waals surface area contributed by atoms with Crippen LogP contribution in [-0.4, -0.2) is 23.9 Å². The van der Waals surface area contributed by atoms with Gasteiger partial charge in [0, 0.05) is 29.4 Å². The number of carbonyl (C=O) groups is 1. The summed E-state index contributed by atoms with van der Waals surface area (Å²) in [5.41, 5.74) is 6.84. The first kappa shape index (κ1) is 13.2. The maximum absolute atomic E-state index is 12.3. The zero-order valence-corrected chi connectivity index (χ0v) is 11.6. The van der Waals surface area contributed by atoms with E-state index >= 15 is 0 Å². The normalized spacial score (nSPS) is 19.6. The number of halogens is 1. The second-order valence-electron chi connectivity index (χ2n) is 5.32. The number of hydrogen-bond donors (Lipinski definition) is 1. The van der Waals surface area contributed by atoms with Gasteiger partial charge in [-0.3, -0.25) is 4.79 Å². The van der Waals surface area contributed by atoms with Gasteiger partial charge in [-0.05, 0) is 36.5 Å². The Bertz CT molecular complexity index is 439. The number of benzene rings is 1. The fourth-order valence-corrected chi connectivity index (χ4v) is 2.68. The van der Waals surface area contributed by atoms with Gasteiger partial charge in [0.15, 0.2) is 0 Å². The number of likely N-dealkylation sites (tertiary alicyclic amines) is 1. The van der Waals surface area contributed by atoms with E-state index in [0.29, 0.717) is 28.1 Å². The van der Waals surface area contributed by atoms with Crippen molar-refractivity contribution in [3.63, 3.8) is 0 Å². The van der Waals surface area contributed by atoms with Gasteiger partial charge in [-0.1, -0.05) is 25.4 Å². The quantitative estimate of drug-likeness (QED) is 0.837. The first-order valence-electron chi connectivity index (χ1n) is 6.32. The van der Waals surface area contributed by atoms with Gasteiger partial charge < -0.3 is 10.6 Å².